The van der Waals surface area contributed by atoms with Crippen LogP contribution in [0.5, 0.6) is 0 Å². The van der Waals surface area contributed by atoms with Gasteiger partial charge in [-0.1, -0.05) is 13.8 Å². The van der Waals surface area contributed by atoms with E-state index in [2.05, 4.69) is 10.4 Å². The number of rotatable bonds is 5. The molecule has 2 N–H and O–H groups in total. The molecule has 0 aromatic carbocycles. The Morgan fingerprint density at radius 3 is 2.88 bits per heavy atom. The molecule has 0 radical (unpaired) electrons. The third-order valence-electron chi connectivity index (χ3n) is 2.32. The highest BCUT2D eigenvalue weighted by Crippen LogP contribution is 2.11. The number of hydrogen-bond acceptors (Lipinski definition) is 3. The molecule has 1 amide bonds. The first-order valence-corrected chi connectivity index (χ1v) is 5.48. The van der Waals surface area contributed by atoms with Crippen molar-refractivity contribution in [3.8, 4) is 0 Å². The minimum atomic E-state index is -0.294. The van der Waals surface area contributed by atoms with E-state index in [0.717, 1.165) is 5.56 Å². The summed E-state index contributed by atoms with van der Waals surface area (Å²) in [4.78, 5) is 11.5. The van der Waals surface area contributed by atoms with Crippen LogP contribution in [-0.2, 0) is 11.8 Å². The number of carbonyl (C=O) groups excluding carboxylic acids is 1. The summed E-state index contributed by atoms with van der Waals surface area (Å²) in [6, 6.07) is 0. The molecule has 5 heteroatoms. The lowest BCUT2D eigenvalue weighted by atomic mass is 9.95. The van der Waals surface area contributed by atoms with Crippen LogP contribution in [0.3, 0.4) is 0 Å². The van der Waals surface area contributed by atoms with Gasteiger partial charge in [0.15, 0.2) is 0 Å². The standard InChI is InChI=1S/C12H19N3O2/c1-12(2,9-16)8-13-11(17)5-4-10-6-14-15(3)7-10/h4-7,16H,8-9H2,1-3H3,(H,13,17)/b5-4+. The zero-order valence-corrected chi connectivity index (χ0v) is 10.5. The van der Waals surface area contributed by atoms with Gasteiger partial charge in [-0.15, -0.1) is 0 Å². The molecule has 0 aliphatic carbocycles. The highest BCUT2D eigenvalue weighted by molar-refractivity contribution is 5.91. The molecule has 17 heavy (non-hydrogen) atoms. The number of aromatic nitrogens is 2. The van der Waals surface area contributed by atoms with E-state index in [1.165, 1.54) is 6.08 Å². The molecular formula is C12H19N3O2. The number of amides is 1. The predicted octanol–water partition coefficient (Wildman–Crippen LogP) is 0.568. The second-order valence-corrected chi connectivity index (χ2v) is 4.82. The van der Waals surface area contributed by atoms with Crippen molar-refractivity contribution in [2.45, 2.75) is 13.8 Å². The van der Waals surface area contributed by atoms with Crippen LogP contribution in [0.25, 0.3) is 6.08 Å². The molecule has 0 aliphatic heterocycles. The van der Waals surface area contributed by atoms with E-state index in [9.17, 15) is 4.79 Å². The van der Waals surface area contributed by atoms with Gasteiger partial charge in [-0.25, -0.2) is 0 Å². The first-order chi connectivity index (χ1) is 7.93. The molecular weight excluding hydrogens is 218 g/mol. The number of nitrogens with one attached hydrogen (secondary N) is 1. The molecule has 0 aliphatic rings. The highest BCUT2D eigenvalue weighted by atomic mass is 16.3. The van der Waals surface area contributed by atoms with Crippen molar-refractivity contribution < 1.29 is 9.90 Å². The lowest BCUT2D eigenvalue weighted by Gasteiger charge is -2.21. The van der Waals surface area contributed by atoms with Crippen LogP contribution in [0, 0.1) is 5.41 Å². The second kappa shape index (κ2) is 5.63. The van der Waals surface area contributed by atoms with E-state index in [4.69, 9.17) is 5.11 Å². The van der Waals surface area contributed by atoms with Crippen LogP contribution in [0.15, 0.2) is 18.5 Å². The Bertz CT molecular complexity index is 408. The third-order valence-corrected chi connectivity index (χ3v) is 2.32. The number of aliphatic hydroxyl groups excluding tert-OH is 1. The topological polar surface area (TPSA) is 67.2 Å². The van der Waals surface area contributed by atoms with E-state index in [1.807, 2.05) is 27.1 Å². The summed E-state index contributed by atoms with van der Waals surface area (Å²) >= 11 is 0. The molecule has 1 aromatic heterocycles. The van der Waals surface area contributed by atoms with Gasteiger partial charge in [-0.2, -0.15) is 5.10 Å². The Kier molecular flexibility index (Phi) is 4.45. The number of hydrogen-bond donors (Lipinski definition) is 2. The molecule has 0 bridgehead atoms. The molecule has 94 valence electrons. The van der Waals surface area contributed by atoms with Gasteiger partial charge >= 0.3 is 0 Å². The molecule has 1 heterocycles. The fraction of sp³-hybridized carbons (Fsp3) is 0.500. The number of aryl methyl sites for hydroxylation is 1. The van der Waals surface area contributed by atoms with Crippen LogP contribution in [0.4, 0.5) is 0 Å². The molecule has 0 saturated carbocycles. The SMILES string of the molecule is Cn1cc(/C=C/C(=O)NCC(C)(C)CO)cn1. The summed E-state index contributed by atoms with van der Waals surface area (Å²) < 4.78 is 1.67. The predicted molar refractivity (Wildman–Crippen MR) is 66.1 cm³/mol. The average Bonchev–Trinajstić information content (AvgIpc) is 2.70. The van der Waals surface area contributed by atoms with Crippen molar-refractivity contribution in [1.29, 1.82) is 0 Å². The normalized spacial score (nSPS) is 12.0. The lowest BCUT2D eigenvalue weighted by Crippen LogP contribution is -2.35. The molecule has 0 spiro atoms. The number of carbonyl (C=O) groups is 1. The van der Waals surface area contributed by atoms with Gasteiger partial charge in [0, 0.05) is 43.5 Å². The fourth-order valence-electron chi connectivity index (χ4n) is 1.14. The smallest absolute Gasteiger partial charge is 0.244 e. The van der Waals surface area contributed by atoms with Crippen LogP contribution >= 0.6 is 0 Å². The van der Waals surface area contributed by atoms with Gasteiger partial charge in [-0.3, -0.25) is 9.48 Å². The summed E-state index contributed by atoms with van der Waals surface area (Å²) in [5.74, 6) is -0.171. The maximum Gasteiger partial charge on any atom is 0.244 e. The molecule has 0 saturated heterocycles. The van der Waals surface area contributed by atoms with E-state index in [1.54, 1.807) is 17.0 Å². The Hall–Kier alpha value is -1.62. The molecule has 5 nitrogen and oxygen atoms in total. The van der Waals surface area contributed by atoms with Crippen LogP contribution in [0.2, 0.25) is 0 Å². The third kappa shape index (κ3) is 4.82. The van der Waals surface area contributed by atoms with E-state index < -0.39 is 0 Å². The van der Waals surface area contributed by atoms with Crippen molar-refractivity contribution >= 4 is 12.0 Å². The Balaban J connectivity index is 2.42. The van der Waals surface area contributed by atoms with Gasteiger partial charge in [-0.05, 0) is 6.08 Å². The lowest BCUT2D eigenvalue weighted by molar-refractivity contribution is -0.116. The monoisotopic (exact) mass is 237 g/mol. The Morgan fingerprint density at radius 1 is 1.65 bits per heavy atom. The first-order valence-electron chi connectivity index (χ1n) is 5.48. The van der Waals surface area contributed by atoms with E-state index in [0.29, 0.717) is 6.54 Å². The second-order valence-electron chi connectivity index (χ2n) is 4.82. The Morgan fingerprint density at radius 2 is 2.35 bits per heavy atom. The van der Waals surface area contributed by atoms with Gasteiger partial charge < -0.3 is 10.4 Å². The summed E-state index contributed by atoms with van der Waals surface area (Å²) in [5, 5.41) is 15.8. The van der Waals surface area contributed by atoms with Gasteiger partial charge in [0.05, 0.1) is 6.20 Å². The van der Waals surface area contributed by atoms with Gasteiger partial charge in [0.25, 0.3) is 0 Å². The largest absolute Gasteiger partial charge is 0.396 e. The molecule has 0 fully saturated rings. The summed E-state index contributed by atoms with van der Waals surface area (Å²) in [5.41, 5.74) is 0.585. The average molecular weight is 237 g/mol. The fourth-order valence-corrected chi connectivity index (χ4v) is 1.14. The van der Waals surface area contributed by atoms with E-state index in [-0.39, 0.29) is 17.9 Å². The summed E-state index contributed by atoms with van der Waals surface area (Å²) in [6.45, 7) is 4.26. The number of aliphatic hydroxyl groups is 1. The Labute approximate surface area is 101 Å². The molecule has 0 unspecified atom stereocenters. The van der Waals surface area contributed by atoms with Crippen LogP contribution in [-0.4, -0.2) is 33.9 Å². The number of nitrogens with zero attached hydrogens (tertiary/aromatic N) is 2. The quantitative estimate of drug-likeness (QED) is 0.736. The molecule has 0 atom stereocenters. The van der Waals surface area contributed by atoms with Crippen LogP contribution < -0.4 is 5.32 Å². The minimum Gasteiger partial charge on any atom is -0.396 e. The maximum absolute atomic E-state index is 11.5. The van der Waals surface area contributed by atoms with Gasteiger partial charge in [0.1, 0.15) is 0 Å². The summed E-state index contributed by atoms with van der Waals surface area (Å²) in [7, 11) is 1.82. The van der Waals surface area contributed by atoms with Crippen molar-refractivity contribution in [2.75, 3.05) is 13.2 Å². The molecule has 1 rings (SSSR count). The van der Waals surface area contributed by atoms with Crippen molar-refractivity contribution in [1.82, 2.24) is 15.1 Å². The van der Waals surface area contributed by atoms with E-state index >= 15 is 0 Å². The minimum absolute atomic E-state index is 0.0413. The molecule has 1 aromatic rings. The highest BCUT2D eigenvalue weighted by Gasteiger charge is 2.16. The van der Waals surface area contributed by atoms with Crippen molar-refractivity contribution in [3.05, 3.63) is 24.0 Å². The zero-order chi connectivity index (χ0) is 12.9. The zero-order valence-electron chi connectivity index (χ0n) is 10.5. The summed E-state index contributed by atoms with van der Waals surface area (Å²) in [6.07, 6.45) is 6.67. The first kappa shape index (κ1) is 13.4. The van der Waals surface area contributed by atoms with Gasteiger partial charge in [0.2, 0.25) is 5.91 Å². The van der Waals surface area contributed by atoms with Crippen molar-refractivity contribution in [2.24, 2.45) is 12.5 Å². The maximum atomic E-state index is 11.5. The van der Waals surface area contributed by atoms with Crippen LogP contribution in [0.1, 0.15) is 19.4 Å². The van der Waals surface area contributed by atoms with Crippen molar-refractivity contribution in [3.63, 3.8) is 0 Å².